The van der Waals surface area contributed by atoms with Crippen molar-refractivity contribution in [3.05, 3.63) is 0 Å². The summed E-state index contributed by atoms with van der Waals surface area (Å²) in [6.07, 6.45) is 5.31. The first kappa shape index (κ1) is 13.8. The van der Waals surface area contributed by atoms with Gasteiger partial charge in [0, 0.05) is 20.2 Å². The van der Waals surface area contributed by atoms with Crippen LogP contribution in [0.15, 0.2) is 0 Å². The molecule has 0 radical (unpaired) electrons. The van der Waals surface area contributed by atoms with Crippen LogP contribution in [0.25, 0.3) is 0 Å². The number of carbonyl (C=O) groups is 1. The van der Waals surface area contributed by atoms with Gasteiger partial charge in [-0.15, -0.1) is 0 Å². The Labute approximate surface area is 110 Å². The number of ether oxygens (including phenoxy) is 1. The molecule has 2 aliphatic rings. The Hall–Kier alpha value is -0.610. The van der Waals surface area contributed by atoms with Crippen molar-refractivity contribution in [1.82, 2.24) is 10.2 Å². The summed E-state index contributed by atoms with van der Waals surface area (Å²) in [4.78, 5) is 14.8. The van der Waals surface area contributed by atoms with Gasteiger partial charge in [0.15, 0.2) is 0 Å². The van der Waals surface area contributed by atoms with Gasteiger partial charge in [-0.25, -0.2) is 0 Å². The zero-order chi connectivity index (χ0) is 13.0. The molecule has 2 fully saturated rings. The number of hydrogen-bond acceptors (Lipinski definition) is 3. The van der Waals surface area contributed by atoms with E-state index < -0.39 is 0 Å². The zero-order valence-electron chi connectivity index (χ0n) is 11.7. The first-order valence-electron chi connectivity index (χ1n) is 7.25. The predicted octanol–water partition coefficient (Wildman–Crippen LogP) is 1.40. The first-order chi connectivity index (χ1) is 8.72. The monoisotopic (exact) mass is 254 g/mol. The van der Waals surface area contributed by atoms with E-state index in [2.05, 4.69) is 17.1 Å². The molecule has 4 heteroatoms. The van der Waals surface area contributed by atoms with Crippen LogP contribution in [-0.4, -0.2) is 49.7 Å². The molecule has 2 rings (SSSR count). The minimum atomic E-state index is -0.269. The Morgan fingerprint density at radius 3 is 2.94 bits per heavy atom. The lowest BCUT2D eigenvalue weighted by Gasteiger charge is -2.38. The van der Waals surface area contributed by atoms with Gasteiger partial charge >= 0.3 is 0 Å². The normalized spacial score (nSPS) is 32.8. The topological polar surface area (TPSA) is 41.6 Å². The summed E-state index contributed by atoms with van der Waals surface area (Å²) in [6.45, 7) is 5.66. The molecule has 0 aromatic carbocycles. The van der Waals surface area contributed by atoms with Crippen LogP contribution in [0.5, 0.6) is 0 Å². The minimum absolute atomic E-state index is 0.269. The van der Waals surface area contributed by atoms with Crippen LogP contribution in [-0.2, 0) is 9.53 Å². The smallest absolute Gasteiger partial charge is 0.242 e. The van der Waals surface area contributed by atoms with Crippen molar-refractivity contribution in [3.63, 3.8) is 0 Å². The molecule has 2 aliphatic heterocycles. The molecule has 0 aromatic heterocycles. The van der Waals surface area contributed by atoms with E-state index in [1.54, 1.807) is 7.11 Å². The minimum Gasteiger partial charge on any atom is -0.384 e. The summed E-state index contributed by atoms with van der Waals surface area (Å²) in [6, 6.07) is 0. The molecule has 1 amide bonds. The van der Waals surface area contributed by atoms with Gasteiger partial charge in [-0.1, -0.05) is 6.92 Å². The van der Waals surface area contributed by atoms with Gasteiger partial charge in [-0.05, 0) is 44.6 Å². The number of rotatable bonds is 4. The number of likely N-dealkylation sites (tertiary alicyclic amines) is 1. The van der Waals surface area contributed by atoms with Crippen molar-refractivity contribution >= 4 is 5.91 Å². The summed E-state index contributed by atoms with van der Waals surface area (Å²) in [5.41, 5.74) is -0.269. The summed E-state index contributed by atoms with van der Waals surface area (Å²) in [5.74, 6) is 0.839. The fourth-order valence-electron chi connectivity index (χ4n) is 3.37. The maximum Gasteiger partial charge on any atom is 0.242 e. The van der Waals surface area contributed by atoms with Crippen molar-refractivity contribution in [2.75, 3.05) is 33.4 Å². The fraction of sp³-hybridized carbons (Fsp3) is 0.929. The molecule has 1 N–H and O–H groups in total. The summed E-state index contributed by atoms with van der Waals surface area (Å²) in [7, 11) is 1.74. The van der Waals surface area contributed by atoms with Crippen LogP contribution in [0.3, 0.4) is 0 Å². The Morgan fingerprint density at radius 2 is 2.33 bits per heavy atom. The SMILES string of the molecule is CCC1(C(=O)N2CCCC(COC)C2)CCCN1. The number of methoxy groups -OCH3 is 1. The molecular weight excluding hydrogens is 228 g/mol. The highest BCUT2D eigenvalue weighted by molar-refractivity contribution is 5.86. The highest BCUT2D eigenvalue weighted by Gasteiger charge is 2.42. The van der Waals surface area contributed by atoms with Gasteiger partial charge in [0.25, 0.3) is 0 Å². The molecule has 0 bridgehead atoms. The quantitative estimate of drug-likeness (QED) is 0.824. The maximum atomic E-state index is 12.7. The van der Waals surface area contributed by atoms with Crippen LogP contribution >= 0.6 is 0 Å². The number of piperidine rings is 1. The zero-order valence-corrected chi connectivity index (χ0v) is 11.7. The second-order valence-corrected chi connectivity index (χ2v) is 5.68. The fourth-order valence-corrected chi connectivity index (χ4v) is 3.37. The largest absolute Gasteiger partial charge is 0.384 e. The molecule has 2 heterocycles. The molecule has 0 aliphatic carbocycles. The number of amides is 1. The Bertz CT molecular complexity index is 286. The van der Waals surface area contributed by atoms with Gasteiger partial charge in [0.1, 0.15) is 0 Å². The van der Waals surface area contributed by atoms with Crippen LogP contribution < -0.4 is 5.32 Å². The average molecular weight is 254 g/mol. The van der Waals surface area contributed by atoms with Gasteiger partial charge < -0.3 is 15.0 Å². The average Bonchev–Trinajstić information content (AvgIpc) is 2.88. The lowest BCUT2D eigenvalue weighted by atomic mass is 9.90. The lowest BCUT2D eigenvalue weighted by molar-refractivity contribution is -0.140. The third-order valence-electron chi connectivity index (χ3n) is 4.47. The first-order valence-corrected chi connectivity index (χ1v) is 7.25. The van der Waals surface area contributed by atoms with E-state index in [1.165, 1.54) is 6.42 Å². The third-order valence-corrected chi connectivity index (χ3v) is 4.47. The molecule has 18 heavy (non-hydrogen) atoms. The van der Waals surface area contributed by atoms with Crippen molar-refractivity contribution in [2.24, 2.45) is 5.92 Å². The summed E-state index contributed by atoms with van der Waals surface area (Å²) < 4.78 is 5.23. The Morgan fingerprint density at radius 1 is 1.50 bits per heavy atom. The van der Waals surface area contributed by atoms with Crippen LogP contribution in [0.2, 0.25) is 0 Å². The van der Waals surface area contributed by atoms with Gasteiger partial charge in [-0.2, -0.15) is 0 Å². The molecule has 104 valence electrons. The molecule has 0 saturated carbocycles. The highest BCUT2D eigenvalue weighted by atomic mass is 16.5. The predicted molar refractivity (Wildman–Crippen MR) is 71.4 cm³/mol. The van der Waals surface area contributed by atoms with Gasteiger partial charge in [0.05, 0.1) is 12.1 Å². The molecule has 4 nitrogen and oxygen atoms in total. The van der Waals surface area contributed by atoms with Crippen LogP contribution in [0.4, 0.5) is 0 Å². The van der Waals surface area contributed by atoms with E-state index in [-0.39, 0.29) is 5.54 Å². The second-order valence-electron chi connectivity index (χ2n) is 5.68. The molecule has 0 aromatic rings. The Balaban J connectivity index is 1.99. The summed E-state index contributed by atoms with van der Waals surface area (Å²) >= 11 is 0. The molecule has 2 atom stereocenters. The van der Waals surface area contributed by atoms with Gasteiger partial charge in [0.2, 0.25) is 5.91 Å². The van der Waals surface area contributed by atoms with Crippen molar-refractivity contribution < 1.29 is 9.53 Å². The number of nitrogens with one attached hydrogen (secondary N) is 1. The van der Waals surface area contributed by atoms with E-state index >= 15 is 0 Å². The molecule has 2 saturated heterocycles. The van der Waals surface area contributed by atoms with Crippen molar-refractivity contribution in [3.8, 4) is 0 Å². The van der Waals surface area contributed by atoms with E-state index in [0.717, 1.165) is 51.9 Å². The van der Waals surface area contributed by atoms with Crippen molar-refractivity contribution in [2.45, 2.75) is 44.6 Å². The van der Waals surface area contributed by atoms with E-state index in [1.807, 2.05) is 0 Å². The summed E-state index contributed by atoms with van der Waals surface area (Å²) in [5, 5.41) is 3.44. The van der Waals surface area contributed by atoms with E-state index in [0.29, 0.717) is 11.8 Å². The maximum absolute atomic E-state index is 12.7. The lowest BCUT2D eigenvalue weighted by Crippen LogP contribution is -2.56. The third kappa shape index (κ3) is 2.69. The second kappa shape index (κ2) is 6.02. The molecule has 2 unspecified atom stereocenters. The molecule has 0 spiro atoms. The highest BCUT2D eigenvalue weighted by Crippen LogP contribution is 2.28. The van der Waals surface area contributed by atoms with E-state index in [4.69, 9.17) is 4.74 Å². The standard InChI is InChI=1S/C14H26N2O2/c1-3-14(7-5-8-15-14)13(17)16-9-4-6-12(10-16)11-18-2/h12,15H,3-11H2,1-2H3. The number of hydrogen-bond donors (Lipinski definition) is 1. The van der Waals surface area contributed by atoms with E-state index in [9.17, 15) is 4.79 Å². The van der Waals surface area contributed by atoms with Gasteiger partial charge in [-0.3, -0.25) is 4.79 Å². The number of nitrogens with zero attached hydrogens (tertiary/aromatic N) is 1. The van der Waals surface area contributed by atoms with Crippen LogP contribution in [0.1, 0.15) is 39.0 Å². The molecular formula is C14H26N2O2. The Kier molecular flexibility index (Phi) is 4.62. The van der Waals surface area contributed by atoms with Crippen molar-refractivity contribution in [1.29, 1.82) is 0 Å². The van der Waals surface area contributed by atoms with Crippen LogP contribution in [0, 0.1) is 5.92 Å². The number of carbonyl (C=O) groups excluding carboxylic acids is 1.